The molecule has 0 unspecified atom stereocenters. The maximum absolute atomic E-state index is 2.77. The number of benzene rings is 3. The van der Waals surface area contributed by atoms with E-state index in [1.165, 1.54) is 36.3 Å². The third-order valence-electron chi connectivity index (χ3n) is 6.41. The van der Waals surface area contributed by atoms with Crippen molar-refractivity contribution in [1.29, 1.82) is 0 Å². The number of nitrogens with zero attached hydrogens (tertiary/aromatic N) is 4. The topological polar surface area (TPSA) is 13.0 Å². The molecule has 166 valence electrons. The molecule has 0 aromatic heterocycles. The van der Waals surface area contributed by atoms with E-state index in [1.807, 2.05) is 0 Å². The fourth-order valence-electron chi connectivity index (χ4n) is 4.72. The highest BCUT2D eigenvalue weighted by Crippen LogP contribution is 2.51. The van der Waals surface area contributed by atoms with Gasteiger partial charge >= 0.3 is 0 Å². The highest BCUT2D eigenvalue weighted by atomic mass is 31.2. The summed E-state index contributed by atoms with van der Waals surface area (Å²) in [6, 6.07) is 33.0. The van der Waals surface area contributed by atoms with E-state index in [1.54, 1.807) is 0 Å². The van der Waals surface area contributed by atoms with Crippen LogP contribution >= 0.6 is 8.37 Å². The van der Waals surface area contributed by atoms with E-state index in [-0.39, 0.29) is 0 Å². The van der Waals surface area contributed by atoms with Gasteiger partial charge in [-0.15, -0.1) is 0 Å². The molecule has 4 nitrogen and oxygen atoms in total. The second kappa shape index (κ2) is 10.7. The maximum atomic E-state index is 2.77. The summed E-state index contributed by atoms with van der Waals surface area (Å²) in [6.07, 6.45) is 0. The van der Waals surface area contributed by atoms with Crippen LogP contribution in [0.1, 0.15) is 16.7 Å². The molecule has 32 heavy (non-hydrogen) atoms. The zero-order chi connectivity index (χ0) is 21.6. The van der Waals surface area contributed by atoms with Gasteiger partial charge < -0.3 is 0 Å². The molecule has 6 rings (SSSR count). The minimum Gasteiger partial charge on any atom is -0.299 e. The first-order chi connectivity index (χ1) is 15.8. The van der Waals surface area contributed by atoms with Crippen LogP contribution in [0.3, 0.4) is 0 Å². The van der Waals surface area contributed by atoms with E-state index in [9.17, 15) is 0 Å². The number of hydrogen-bond acceptors (Lipinski definition) is 4. The normalized spacial score (nSPS) is 22.9. The predicted octanol–water partition coefficient (Wildman–Crippen LogP) is 5.05. The Bertz CT molecular complexity index is 826. The fraction of sp³-hybridized carbons (Fsp3) is 0.333. The molecule has 3 fully saturated rings. The molecule has 0 saturated carbocycles. The van der Waals surface area contributed by atoms with E-state index in [0.29, 0.717) is 0 Å². The van der Waals surface area contributed by atoms with E-state index in [4.69, 9.17) is 0 Å². The van der Waals surface area contributed by atoms with Gasteiger partial charge in [0.25, 0.3) is 0 Å². The predicted molar refractivity (Wildman–Crippen MR) is 134 cm³/mol. The molecule has 0 atom stereocenters. The van der Waals surface area contributed by atoms with Gasteiger partial charge in [0, 0.05) is 58.9 Å². The van der Waals surface area contributed by atoms with Gasteiger partial charge in [0.2, 0.25) is 0 Å². The molecule has 0 amide bonds. The lowest BCUT2D eigenvalue weighted by atomic mass is 10.2. The smallest absolute Gasteiger partial charge is 0.121 e. The van der Waals surface area contributed by atoms with E-state index < -0.39 is 8.37 Å². The van der Waals surface area contributed by atoms with Crippen LogP contribution in [0.4, 0.5) is 0 Å². The van der Waals surface area contributed by atoms with Crippen molar-refractivity contribution in [2.24, 2.45) is 0 Å². The van der Waals surface area contributed by atoms with Gasteiger partial charge in [-0.2, -0.15) is 0 Å². The van der Waals surface area contributed by atoms with Crippen LogP contribution in [-0.4, -0.2) is 58.2 Å². The van der Waals surface area contributed by atoms with E-state index in [0.717, 1.165) is 39.3 Å². The van der Waals surface area contributed by atoms with Crippen LogP contribution in [0.2, 0.25) is 0 Å². The lowest BCUT2D eigenvalue weighted by molar-refractivity contribution is 0.159. The summed E-state index contributed by atoms with van der Waals surface area (Å²) in [7, 11) is -0.566. The minimum absolute atomic E-state index is 0.566. The van der Waals surface area contributed by atoms with Crippen molar-refractivity contribution < 1.29 is 0 Å². The minimum atomic E-state index is -0.566. The van der Waals surface area contributed by atoms with Gasteiger partial charge in [-0.25, -0.2) is 0 Å². The van der Waals surface area contributed by atoms with Crippen molar-refractivity contribution in [2.45, 2.75) is 19.6 Å². The molecular formula is C27H33N4P. The molecule has 2 bridgehead atoms. The monoisotopic (exact) mass is 444 g/mol. The maximum Gasteiger partial charge on any atom is 0.121 e. The molecule has 0 N–H and O–H groups in total. The van der Waals surface area contributed by atoms with Crippen molar-refractivity contribution in [1.82, 2.24) is 18.9 Å². The van der Waals surface area contributed by atoms with E-state index >= 15 is 0 Å². The van der Waals surface area contributed by atoms with Crippen LogP contribution in [0.25, 0.3) is 0 Å². The standard InChI is InChI=1S/C27H33N4P/c1-4-10-25(11-5-1)22-29-19-16-28-17-20-30(23-26-12-6-2-7-13-26)32(29)31(21-18-28)24-27-14-8-3-9-15-27/h1-15H,16-24H2. The first-order valence-electron chi connectivity index (χ1n) is 11.7. The molecule has 0 radical (unpaired) electrons. The van der Waals surface area contributed by atoms with Crippen LogP contribution in [0.5, 0.6) is 0 Å². The van der Waals surface area contributed by atoms with Crippen LogP contribution in [0.15, 0.2) is 91.0 Å². The number of fused-ring (bicyclic) bond motifs is 6. The van der Waals surface area contributed by atoms with Gasteiger partial charge in [0.15, 0.2) is 0 Å². The first kappa shape index (κ1) is 21.8. The Labute approximate surface area is 194 Å². The van der Waals surface area contributed by atoms with Crippen molar-refractivity contribution >= 4 is 8.37 Å². The largest absolute Gasteiger partial charge is 0.299 e. The van der Waals surface area contributed by atoms with Crippen molar-refractivity contribution in [3.63, 3.8) is 0 Å². The van der Waals surface area contributed by atoms with E-state index in [2.05, 4.69) is 110 Å². The van der Waals surface area contributed by atoms with Gasteiger partial charge in [-0.1, -0.05) is 91.0 Å². The van der Waals surface area contributed by atoms with Gasteiger partial charge in [-0.3, -0.25) is 18.9 Å². The first-order valence-corrected chi connectivity index (χ1v) is 12.9. The summed E-state index contributed by atoms with van der Waals surface area (Å²) < 4.78 is 8.30. The summed E-state index contributed by atoms with van der Waals surface area (Å²) in [5, 5.41) is 0. The van der Waals surface area contributed by atoms with Crippen molar-refractivity contribution in [3.8, 4) is 0 Å². The number of rotatable bonds is 6. The van der Waals surface area contributed by atoms with Gasteiger partial charge in [0.1, 0.15) is 8.37 Å². The molecule has 3 saturated heterocycles. The van der Waals surface area contributed by atoms with Crippen molar-refractivity contribution in [2.75, 3.05) is 39.3 Å². The summed E-state index contributed by atoms with van der Waals surface area (Å²) in [5.74, 6) is 0. The molecule has 3 heterocycles. The Morgan fingerprint density at radius 2 is 0.750 bits per heavy atom. The second-order valence-electron chi connectivity index (χ2n) is 8.73. The van der Waals surface area contributed by atoms with Crippen LogP contribution < -0.4 is 0 Å². The molecule has 0 spiro atoms. The Morgan fingerprint density at radius 1 is 0.438 bits per heavy atom. The molecule has 3 aliphatic rings. The summed E-state index contributed by atoms with van der Waals surface area (Å²) in [4.78, 5) is 2.67. The lowest BCUT2D eigenvalue weighted by Crippen LogP contribution is -2.51. The van der Waals surface area contributed by atoms with Gasteiger partial charge in [-0.05, 0) is 16.7 Å². The molecule has 5 heteroatoms. The quantitative estimate of drug-likeness (QED) is 0.493. The highest BCUT2D eigenvalue weighted by molar-refractivity contribution is 7.50. The van der Waals surface area contributed by atoms with Crippen LogP contribution in [0, 0.1) is 0 Å². The lowest BCUT2D eigenvalue weighted by Gasteiger charge is -2.50. The van der Waals surface area contributed by atoms with Crippen molar-refractivity contribution in [3.05, 3.63) is 108 Å². The Hall–Kier alpha value is -2.07. The summed E-state index contributed by atoms with van der Waals surface area (Å²) in [6.45, 7) is 9.91. The number of hydrogen-bond donors (Lipinski definition) is 0. The Balaban J connectivity index is 1.48. The van der Waals surface area contributed by atoms with Crippen LogP contribution in [-0.2, 0) is 19.6 Å². The molecule has 3 aromatic carbocycles. The second-order valence-corrected chi connectivity index (χ2v) is 11.0. The fourth-order valence-corrected chi connectivity index (χ4v) is 7.47. The third-order valence-corrected chi connectivity index (χ3v) is 8.95. The molecule has 0 aliphatic carbocycles. The SMILES string of the molecule is c1ccc(CN2CCN3CCN(Cc4ccccc4)P2N(Cc2ccccc2)CC3)cc1. The molecule has 3 aromatic rings. The zero-order valence-electron chi connectivity index (χ0n) is 18.8. The Morgan fingerprint density at radius 3 is 1.06 bits per heavy atom. The molecule has 3 aliphatic heterocycles. The summed E-state index contributed by atoms with van der Waals surface area (Å²) >= 11 is 0. The molecular weight excluding hydrogens is 411 g/mol. The van der Waals surface area contributed by atoms with Gasteiger partial charge in [0.05, 0.1) is 0 Å². The average Bonchev–Trinajstić information content (AvgIpc) is 2.82. The average molecular weight is 445 g/mol. The highest BCUT2D eigenvalue weighted by Gasteiger charge is 2.36. The zero-order valence-corrected chi connectivity index (χ0v) is 19.7. The Kier molecular flexibility index (Phi) is 7.27. The summed E-state index contributed by atoms with van der Waals surface area (Å²) in [5.41, 5.74) is 4.23. The third kappa shape index (κ3) is 5.46.